The van der Waals surface area contributed by atoms with Gasteiger partial charge in [0.1, 0.15) is 0 Å². The van der Waals surface area contributed by atoms with Gasteiger partial charge in [-0.2, -0.15) is 0 Å². The number of urea groups is 1. The molecule has 25 heavy (non-hydrogen) atoms. The second kappa shape index (κ2) is 8.33. The van der Waals surface area contributed by atoms with E-state index < -0.39 is 12.1 Å². The van der Waals surface area contributed by atoms with Crippen molar-refractivity contribution in [2.75, 3.05) is 5.32 Å². The summed E-state index contributed by atoms with van der Waals surface area (Å²) in [5, 5.41) is 5.62. The summed E-state index contributed by atoms with van der Waals surface area (Å²) in [6.45, 7) is 6.10. The number of hydrogen-bond donors (Lipinski definition) is 3. The zero-order chi connectivity index (χ0) is 18.4. The molecule has 0 fully saturated rings. The molecule has 4 N–H and O–H groups in total. The monoisotopic (exact) mass is 339 g/mol. The first kappa shape index (κ1) is 18.5. The van der Waals surface area contributed by atoms with E-state index in [1.165, 1.54) is 0 Å². The maximum absolute atomic E-state index is 12.6. The van der Waals surface area contributed by atoms with Gasteiger partial charge < -0.3 is 16.4 Å². The predicted molar refractivity (Wildman–Crippen MR) is 100 cm³/mol. The Balaban J connectivity index is 2.18. The first-order chi connectivity index (χ1) is 11.9. The van der Waals surface area contributed by atoms with Gasteiger partial charge in [-0.1, -0.05) is 56.3 Å². The summed E-state index contributed by atoms with van der Waals surface area (Å²) in [6, 6.07) is 14.2. The van der Waals surface area contributed by atoms with Crippen LogP contribution in [-0.2, 0) is 4.79 Å². The van der Waals surface area contributed by atoms with E-state index in [9.17, 15) is 9.59 Å². The molecule has 0 radical (unpaired) electrons. The van der Waals surface area contributed by atoms with Crippen LogP contribution >= 0.6 is 0 Å². The minimum Gasteiger partial charge on any atom is -0.352 e. The van der Waals surface area contributed by atoms with Crippen molar-refractivity contribution in [2.45, 2.75) is 39.2 Å². The van der Waals surface area contributed by atoms with Gasteiger partial charge in [0.05, 0.1) is 12.5 Å². The molecule has 2 aromatic carbocycles. The molecule has 1 atom stereocenters. The summed E-state index contributed by atoms with van der Waals surface area (Å²) >= 11 is 0. The molecule has 0 saturated carbocycles. The fourth-order valence-corrected chi connectivity index (χ4v) is 2.89. The Morgan fingerprint density at radius 1 is 1.00 bits per heavy atom. The quantitative estimate of drug-likeness (QED) is 0.746. The van der Waals surface area contributed by atoms with Crippen molar-refractivity contribution < 1.29 is 9.59 Å². The van der Waals surface area contributed by atoms with Gasteiger partial charge in [-0.3, -0.25) is 4.79 Å². The number of hydrogen-bond acceptors (Lipinski definition) is 2. The molecular weight excluding hydrogens is 314 g/mol. The summed E-state index contributed by atoms with van der Waals surface area (Å²) in [6.07, 6.45) is 0.111. The third-order valence-electron chi connectivity index (χ3n) is 4.13. The highest BCUT2D eigenvalue weighted by molar-refractivity contribution is 5.92. The third kappa shape index (κ3) is 5.08. The lowest BCUT2D eigenvalue weighted by atomic mass is 9.98. The third-order valence-corrected chi connectivity index (χ3v) is 4.13. The lowest BCUT2D eigenvalue weighted by Gasteiger charge is -2.20. The van der Waals surface area contributed by atoms with Crippen molar-refractivity contribution in [1.29, 1.82) is 0 Å². The van der Waals surface area contributed by atoms with E-state index in [-0.39, 0.29) is 12.3 Å². The molecule has 0 aromatic heterocycles. The molecule has 0 heterocycles. The van der Waals surface area contributed by atoms with Crippen LogP contribution in [0.25, 0.3) is 0 Å². The van der Waals surface area contributed by atoms with Gasteiger partial charge in [-0.05, 0) is 35.6 Å². The Morgan fingerprint density at radius 2 is 1.60 bits per heavy atom. The van der Waals surface area contributed by atoms with Crippen LogP contribution in [0.2, 0.25) is 0 Å². The summed E-state index contributed by atoms with van der Waals surface area (Å²) in [7, 11) is 0. The van der Waals surface area contributed by atoms with Crippen molar-refractivity contribution in [2.24, 2.45) is 5.73 Å². The number of rotatable bonds is 6. The number of primary amides is 1. The average Bonchev–Trinajstić information content (AvgIpc) is 2.54. The number of para-hydroxylation sites is 1. The van der Waals surface area contributed by atoms with E-state index in [0.717, 1.165) is 22.4 Å². The van der Waals surface area contributed by atoms with Gasteiger partial charge in [0.15, 0.2) is 0 Å². The first-order valence-electron chi connectivity index (χ1n) is 8.38. The topological polar surface area (TPSA) is 84.2 Å². The molecule has 3 amide bonds. The van der Waals surface area contributed by atoms with Gasteiger partial charge in [-0.25, -0.2) is 4.79 Å². The highest BCUT2D eigenvalue weighted by Gasteiger charge is 2.19. The van der Waals surface area contributed by atoms with E-state index in [0.29, 0.717) is 5.92 Å². The molecule has 2 rings (SSSR count). The maximum atomic E-state index is 12.6. The standard InChI is InChI=1S/C20H25N3O2/c1-13(2)15-9-6-7-11-17(15)22-19(24)12-18(23-20(21)25)16-10-5-4-8-14(16)3/h4-11,13,18H,12H2,1-3H3,(H,22,24)(H3,21,23,25). The van der Waals surface area contributed by atoms with E-state index in [1.807, 2.05) is 55.5 Å². The van der Waals surface area contributed by atoms with Gasteiger partial charge in [0, 0.05) is 5.69 Å². The van der Waals surface area contributed by atoms with Gasteiger partial charge in [-0.15, -0.1) is 0 Å². The summed E-state index contributed by atoms with van der Waals surface area (Å²) in [5.74, 6) is 0.127. The molecule has 0 spiro atoms. The molecule has 2 aromatic rings. The SMILES string of the molecule is Cc1ccccc1C(CC(=O)Nc1ccccc1C(C)C)NC(N)=O. The van der Waals surface area contributed by atoms with E-state index in [1.54, 1.807) is 0 Å². The van der Waals surface area contributed by atoms with E-state index in [4.69, 9.17) is 5.73 Å². The molecular formula is C20H25N3O2. The number of carbonyl (C=O) groups excluding carboxylic acids is 2. The highest BCUT2D eigenvalue weighted by Crippen LogP contribution is 2.25. The van der Waals surface area contributed by atoms with Crippen molar-refractivity contribution in [1.82, 2.24) is 5.32 Å². The number of amides is 3. The molecule has 132 valence electrons. The first-order valence-corrected chi connectivity index (χ1v) is 8.38. The molecule has 0 saturated heterocycles. The number of carbonyl (C=O) groups is 2. The predicted octanol–water partition coefficient (Wildman–Crippen LogP) is 3.86. The average molecular weight is 339 g/mol. The maximum Gasteiger partial charge on any atom is 0.312 e. The van der Waals surface area contributed by atoms with Crippen LogP contribution in [0, 0.1) is 6.92 Å². The van der Waals surface area contributed by atoms with E-state index >= 15 is 0 Å². The number of anilines is 1. The zero-order valence-corrected chi connectivity index (χ0v) is 14.9. The molecule has 5 nitrogen and oxygen atoms in total. The second-order valence-electron chi connectivity index (χ2n) is 6.41. The Kier molecular flexibility index (Phi) is 6.17. The molecule has 0 aliphatic heterocycles. The van der Waals surface area contributed by atoms with Gasteiger partial charge >= 0.3 is 6.03 Å². The number of benzene rings is 2. The van der Waals surface area contributed by atoms with Gasteiger partial charge in [0.2, 0.25) is 5.91 Å². The van der Waals surface area contributed by atoms with Crippen LogP contribution < -0.4 is 16.4 Å². The Morgan fingerprint density at radius 3 is 2.20 bits per heavy atom. The largest absolute Gasteiger partial charge is 0.352 e. The van der Waals surface area contributed by atoms with Crippen LogP contribution in [0.4, 0.5) is 10.5 Å². The van der Waals surface area contributed by atoms with Crippen molar-refractivity contribution in [3.05, 3.63) is 65.2 Å². The van der Waals surface area contributed by atoms with Crippen LogP contribution in [0.3, 0.4) is 0 Å². The molecule has 0 bridgehead atoms. The van der Waals surface area contributed by atoms with Crippen LogP contribution in [0.1, 0.15) is 48.9 Å². The van der Waals surface area contributed by atoms with Crippen molar-refractivity contribution >= 4 is 17.6 Å². The fourth-order valence-electron chi connectivity index (χ4n) is 2.89. The van der Waals surface area contributed by atoms with Crippen LogP contribution in [-0.4, -0.2) is 11.9 Å². The highest BCUT2D eigenvalue weighted by atomic mass is 16.2. The normalized spacial score (nSPS) is 11.8. The van der Waals surface area contributed by atoms with Crippen molar-refractivity contribution in [3.63, 3.8) is 0 Å². The lowest BCUT2D eigenvalue weighted by Crippen LogP contribution is -2.35. The molecule has 1 unspecified atom stereocenters. The fraction of sp³-hybridized carbons (Fsp3) is 0.300. The second-order valence-corrected chi connectivity index (χ2v) is 6.41. The van der Waals surface area contributed by atoms with Crippen molar-refractivity contribution in [3.8, 4) is 0 Å². The number of aryl methyl sites for hydroxylation is 1. The summed E-state index contributed by atoms with van der Waals surface area (Å²) in [5.41, 5.74) is 9.04. The van der Waals surface area contributed by atoms with Crippen LogP contribution in [0.5, 0.6) is 0 Å². The van der Waals surface area contributed by atoms with Gasteiger partial charge in [0.25, 0.3) is 0 Å². The Labute approximate surface area is 148 Å². The van der Waals surface area contributed by atoms with Crippen LogP contribution in [0.15, 0.2) is 48.5 Å². The molecule has 0 aliphatic rings. The Hall–Kier alpha value is -2.82. The number of nitrogens with one attached hydrogen (secondary N) is 2. The summed E-state index contributed by atoms with van der Waals surface area (Å²) in [4.78, 5) is 23.9. The lowest BCUT2D eigenvalue weighted by molar-refractivity contribution is -0.116. The summed E-state index contributed by atoms with van der Waals surface area (Å²) < 4.78 is 0. The van der Waals surface area contributed by atoms with E-state index in [2.05, 4.69) is 24.5 Å². The minimum atomic E-state index is -0.649. The smallest absolute Gasteiger partial charge is 0.312 e. The molecule has 0 aliphatic carbocycles. The molecule has 5 heteroatoms. The zero-order valence-electron chi connectivity index (χ0n) is 14.9. The minimum absolute atomic E-state index is 0.111. The number of nitrogens with two attached hydrogens (primary N) is 1. The Bertz CT molecular complexity index is 756.